The first-order chi connectivity index (χ1) is 8.65. The van der Waals surface area contributed by atoms with E-state index in [0.29, 0.717) is 0 Å². The van der Waals surface area contributed by atoms with Crippen molar-refractivity contribution >= 4 is 0 Å². The lowest BCUT2D eigenvalue weighted by molar-refractivity contribution is 0.446. The maximum atomic E-state index is 2.21. The third-order valence-electron chi connectivity index (χ3n) is 2.69. The van der Waals surface area contributed by atoms with Crippen LogP contribution in [0.5, 0.6) is 0 Å². The predicted molar refractivity (Wildman–Crippen MR) is 79.0 cm³/mol. The largest absolute Gasteiger partial charge is 0.376 e. The molecule has 0 radical (unpaired) electrons. The fraction of sp³-hybridized carbons (Fsp3) is 0.375. The van der Waals surface area contributed by atoms with Crippen LogP contribution in [-0.4, -0.2) is 23.9 Å². The normalized spacial score (nSPS) is 11.3. The molecule has 0 heterocycles. The molecular weight excluding hydrogens is 220 g/mol. The van der Waals surface area contributed by atoms with Crippen LogP contribution >= 0.6 is 0 Å². The lowest BCUT2D eigenvalue weighted by Crippen LogP contribution is -2.11. The van der Waals surface area contributed by atoms with E-state index >= 15 is 0 Å². The Morgan fingerprint density at radius 1 is 0.778 bits per heavy atom. The molecule has 2 nitrogen and oxygen atoms in total. The molecule has 98 valence electrons. The number of hydrogen-bond donors (Lipinski definition) is 0. The van der Waals surface area contributed by atoms with Crippen LogP contribution in [0, 0.1) is 0 Å². The van der Waals surface area contributed by atoms with Crippen molar-refractivity contribution in [1.29, 1.82) is 0 Å². The molecule has 0 saturated heterocycles. The average Bonchev–Trinajstić information content (AvgIpc) is 2.32. The average molecular weight is 244 g/mol. The van der Waals surface area contributed by atoms with E-state index in [-0.39, 0.29) is 0 Å². The highest BCUT2D eigenvalue weighted by molar-refractivity contribution is 5.22. The molecule has 1 aromatic carbocycles. The summed E-state index contributed by atoms with van der Waals surface area (Å²) in [6, 6.07) is 8.83. The van der Waals surface area contributed by atoms with Gasteiger partial charge in [0.1, 0.15) is 0 Å². The minimum absolute atomic E-state index is 0.954. The minimum Gasteiger partial charge on any atom is -0.376 e. The standard InChI is InChI=1S/C16H24N2/c1-5-11-17(3)13-15-7-9-16(10-8-15)14-18(4)12-6-2/h5-12H,13-14H2,1-4H3/b11-5-,12-6-. The lowest BCUT2D eigenvalue weighted by Gasteiger charge is -2.16. The van der Waals surface area contributed by atoms with E-state index < -0.39 is 0 Å². The van der Waals surface area contributed by atoms with Crippen molar-refractivity contribution in [2.24, 2.45) is 0 Å². The smallest absolute Gasteiger partial charge is 0.0420 e. The van der Waals surface area contributed by atoms with Gasteiger partial charge in [-0.3, -0.25) is 0 Å². The Kier molecular flexibility index (Phi) is 6.06. The van der Waals surface area contributed by atoms with Crippen molar-refractivity contribution in [2.75, 3.05) is 14.1 Å². The Morgan fingerprint density at radius 2 is 1.11 bits per heavy atom. The van der Waals surface area contributed by atoms with Crippen LogP contribution in [0.2, 0.25) is 0 Å². The number of rotatable bonds is 6. The summed E-state index contributed by atoms with van der Waals surface area (Å²) in [6.45, 7) is 5.98. The highest BCUT2D eigenvalue weighted by Gasteiger charge is 1.98. The van der Waals surface area contributed by atoms with Crippen molar-refractivity contribution in [1.82, 2.24) is 9.80 Å². The summed E-state index contributed by atoms with van der Waals surface area (Å²) in [5.74, 6) is 0. The van der Waals surface area contributed by atoms with E-state index in [0.717, 1.165) is 13.1 Å². The maximum Gasteiger partial charge on any atom is 0.0420 e. The highest BCUT2D eigenvalue weighted by atomic mass is 15.1. The molecule has 0 fully saturated rings. The van der Waals surface area contributed by atoms with Gasteiger partial charge in [-0.2, -0.15) is 0 Å². The van der Waals surface area contributed by atoms with Gasteiger partial charge in [-0.05, 0) is 37.4 Å². The first-order valence-electron chi connectivity index (χ1n) is 6.39. The molecule has 0 saturated carbocycles. The molecule has 0 aliphatic heterocycles. The van der Waals surface area contributed by atoms with Gasteiger partial charge in [0.2, 0.25) is 0 Å². The van der Waals surface area contributed by atoms with Crippen LogP contribution in [0.15, 0.2) is 48.8 Å². The quantitative estimate of drug-likeness (QED) is 0.754. The van der Waals surface area contributed by atoms with E-state index in [1.54, 1.807) is 0 Å². The minimum atomic E-state index is 0.954. The molecule has 1 aromatic rings. The van der Waals surface area contributed by atoms with Crippen molar-refractivity contribution in [3.63, 3.8) is 0 Å². The second-order valence-corrected chi connectivity index (χ2v) is 4.61. The Bertz CT molecular complexity index is 351. The third-order valence-corrected chi connectivity index (χ3v) is 2.69. The van der Waals surface area contributed by atoms with Gasteiger partial charge in [0.05, 0.1) is 0 Å². The molecule has 0 aromatic heterocycles. The Balaban J connectivity index is 2.57. The van der Waals surface area contributed by atoms with Crippen LogP contribution in [0.3, 0.4) is 0 Å². The molecule has 0 atom stereocenters. The van der Waals surface area contributed by atoms with Gasteiger partial charge in [-0.15, -0.1) is 0 Å². The zero-order valence-corrected chi connectivity index (χ0v) is 11.9. The van der Waals surface area contributed by atoms with Crippen LogP contribution in [-0.2, 0) is 13.1 Å². The molecule has 1 rings (SSSR count). The van der Waals surface area contributed by atoms with E-state index in [9.17, 15) is 0 Å². The molecule has 0 aliphatic rings. The summed E-state index contributed by atoms with van der Waals surface area (Å²) in [7, 11) is 4.18. The molecule has 0 aliphatic carbocycles. The van der Waals surface area contributed by atoms with Gasteiger partial charge >= 0.3 is 0 Å². The van der Waals surface area contributed by atoms with E-state index in [1.807, 2.05) is 13.8 Å². The van der Waals surface area contributed by atoms with Crippen LogP contribution in [0.4, 0.5) is 0 Å². The number of nitrogens with zero attached hydrogens (tertiary/aromatic N) is 2. The van der Waals surface area contributed by atoms with Crippen molar-refractivity contribution in [3.8, 4) is 0 Å². The van der Waals surface area contributed by atoms with E-state index in [4.69, 9.17) is 0 Å². The Morgan fingerprint density at radius 3 is 1.39 bits per heavy atom. The molecule has 18 heavy (non-hydrogen) atoms. The maximum absolute atomic E-state index is 2.21. The first-order valence-corrected chi connectivity index (χ1v) is 6.39. The second-order valence-electron chi connectivity index (χ2n) is 4.61. The fourth-order valence-electron chi connectivity index (χ4n) is 1.94. The van der Waals surface area contributed by atoms with Crippen LogP contribution in [0.1, 0.15) is 25.0 Å². The predicted octanol–water partition coefficient (Wildman–Crippen LogP) is 3.62. The van der Waals surface area contributed by atoms with Gasteiger partial charge in [-0.1, -0.05) is 36.4 Å². The molecule has 0 N–H and O–H groups in total. The summed E-state index contributed by atoms with van der Waals surface area (Å²) in [5.41, 5.74) is 2.68. The van der Waals surface area contributed by atoms with Crippen molar-refractivity contribution in [2.45, 2.75) is 26.9 Å². The molecule has 2 heteroatoms. The summed E-state index contributed by atoms with van der Waals surface area (Å²) < 4.78 is 0. The van der Waals surface area contributed by atoms with E-state index in [2.05, 4.69) is 72.7 Å². The van der Waals surface area contributed by atoms with E-state index in [1.165, 1.54) is 11.1 Å². The van der Waals surface area contributed by atoms with Gasteiger partial charge in [0.25, 0.3) is 0 Å². The zero-order chi connectivity index (χ0) is 13.4. The summed E-state index contributed by atoms with van der Waals surface area (Å²) in [6.07, 6.45) is 8.29. The molecule has 0 unspecified atom stereocenters. The second kappa shape index (κ2) is 7.59. The SMILES string of the molecule is C/C=C\N(C)Cc1ccc(CN(C)/C=C\C)cc1. The molecular formula is C16H24N2. The molecule has 0 spiro atoms. The lowest BCUT2D eigenvalue weighted by atomic mass is 10.1. The molecule has 0 amide bonds. The summed E-state index contributed by atoms with van der Waals surface area (Å²) in [4.78, 5) is 4.36. The van der Waals surface area contributed by atoms with Crippen LogP contribution < -0.4 is 0 Å². The molecule has 0 bridgehead atoms. The summed E-state index contributed by atoms with van der Waals surface area (Å²) >= 11 is 0. The number of allylic oxidation sites excluding steroid dienone is 2. The Labute approximate surface area is 111 Å². The van der Waals surface area contributed by atoms with Gasteiger partial charge < -0.3 is 9.80 Å². The van der Waals surface area contributed by atoms with Crippen LogP contribution in [0.25, 0.3) is 0 Å². The third kappa shape index (κ3) is 5.09. The van der Waals surface area contributed by atoms with Crippen molar-refractivity contribution < 1.29 is 0 Å². The first kappa shape index (κ1) is 14.4. The Hall–Kier alpha value is -1.70. The van der Waals surface area contributed by atoms with Gasteiger partial charge in [0.15, 0.2) is 0 Å². The summed E-state index contributed by atoms with van der Waals surface area (Å²) in [5, 5.41) is 0. The number of hydrogen-bond acceptors (Lipinski definition) is 2. The monoisotopic (exact) mass is 244 g/mol. The fourth-order valence-corrected chi connectivity index (χ4v) is 1.94. The van der Waals surface area contributed by atoms with Crippen molar-refractivity contribution in [3.05, 3.63) is 59.9 Å². The number of benzene rings is 1. The zero-order valence-electron chi connectivity index (χ0n) is 11.9. The van der Waals surface area contributed by atoms with Gasteiger partial charge in [0, 0.05) is 27.2 Å². The topological polar surface area (TPSA) is 6.48 Å². The van der Waals surface area contributed by atoms with Gasteiger partial charge in [-0.25, -0.2) is 0 Å². The highest BCUT2D eigenvalue weighted by Crippen LogP contribution is 2.09.